The van der Waals surface area contributed by atoms with Gasteiger partial charge in [-0.05, 0) is 94.0 Å². The Morgan fingerprint density at radius 1 is 0.929 bits per heavy atom. The number of likely N-dealkylation sites (tertiary alicyclic amines) is 2. The van der Waals surface area contributed by atoms with Crippen molar-refractivity contribution in [3.63, 3.8) is 0 Å². The minimum absolute atomic E-state index is 0.0421. The summed E-state index contributed by atoms with van der Waals surface area (Å²) in [4.78, 5) is 42.7. The molecule has 5 aliphatic rings. The summed E-state index contributed by atoms with van der Waals surface area (Å²) in [5, 5.41) is 0.230. The van der Waals surface area contributed by atoms with E-state index in [4.69, 9.17) is 17.3 Å². The number of hydrogen-bond acceptors (Lipinski definition) is 6. The number of fused-ring (bicyclic) bond motifs is 3. The Hall–Kier alpha value is -2.21. The van der Waals surface area contributed by atoms with Crippen LogP contribution in [0.1, 0.15) is 74.2 Å². The zero-order valence-electron chi connectivity index (χ0n) is 24.3. The third-order valence-corrected chi connectivity index (χ3v) is 12.8. The minimum Gasteiger partial charge on any atom is -0.366 e. The van der Waals surface area contributed by atoms with Crippen LogP contribution in [0.4, 0.5) is 5.69 Å². The van der Waals surface area contributed by atoms with E-state index in [0.717, 1.165) is 76.8 Å². The lowest BCUT2D eigenvalue weighted by atomic mass is 9.93. The molecule has 0 aliphatic carbocycles. The second-order valence-electron chi connectivity index (χ2n) is 13.1. The van der Waals surface area contributed by atoms with Gasteiger partial charge >= 0.3 is 0 Å². The number of hydrogen-bond donors (Lipinski definition) is 1. The smallest absolute Gasteiger partial charge is 0.250 e. The van der Waals surface area contributed by atoms with Crippen molar-refractivity contribution < 1.29 is 22.8 Å². The van der Waals surface area contributed by atoms with Crippen molar-refractivity contribution in [2.45, 2.75) is 82.8 Å². The largest absolute Gasteiger partial charge is 0.366 e. The second kappa shape index (κ2) is 11.7. The van der Waals surface area contributed by atoms with Gasteiger partial charge in [0.2, 0.25) is 27.7 Å². The molecule has 1 aromatic carbocycles. The van der Waals surface area contributed by atoms with Gasteiger partial charge in [-0.3, -0.25) is 14.4 Å². The van der Waals surface area contributed by atoms with Crippen LogP contribution in [0.3, 0.4) is 0 Å². The van der Waals surface area contributed by atoms with E-state index in [-0.39, 0.29) is 58.6 Å². The lowest BCUT2D eigenvalue weighted by molar-refractivity contribution is -0.130. The van der Waals surface area contributed by atoms with Gasteiger partial charge in [0.05, 0.1) is 22.8 Å². The lowest BCUT2D eigenvalue weighted by Gasteiger charge is -2.42. The summed E-state index contributed by atoms with van der Waals surface area (Å²) in [5.41, 5.74) is 7.12. The predicted molar refractivity (Wildman–Crippen MR) is 161 cm³/mol. The summed E-state index contributed by atoms with van der Waals surface area (Å²) in [6.07, 6.45) is 6.92. The van der Waals surface area contributed by atoms with Gasteiger partial charge in [-0.15, -0.1) is 0 Å². The van der Waals surface area contributed by atoms with E-state index in [1.807, 2.05) is 4.90 Å². The zero-order valence-corrected chi connectivity index (χ0v) is 25.9. The molecule has 42 heavy (non-hydrogen) atoms. The highest BCUT2D eigenvalue weighted by Gasteiger charge is 2.50. The van der Waals surface area contributed by atoms with Crippen LogP contribution in [-0.2, 0) is 26.0 Å². The number of piperidine rings is 3. The predicted octanol–water partition coefficient (Wildman–Crippen LogP) is 2.62. The standard InChI is InChI=1S/C30H42ClN5O5S/c1-19(37)34-10-6-20(7-11-34)17-33-8-4-21(5-9-33)18-42(40,41)36-23-2-3-24(36)15-25(14-23)35-28-16-27(31)26(30(32)39)12-22(28)13-29(35)38/h12,16,20-21,23-25H,2-11,13-15,17-18H2,1H3,(H2,32,39). The minimum atomic E-state index is -3.42. The molecule has 4 fully saturated rings. The maximum atomic E-state index is 13.8. The molecule has 0 spiro atoms. The van der Waals surface area contributed by atoms with E-state index in [0.29, 0.717) is 24.4 Å². The molecule has 5 heterocycles. The number of sulfonamides is 1. The Balaban J connectivity index is 1.04. The van der Waals surface area contributed by atoms with Crippen LogP contribution in [0.2, 0.25) is 5.02 Å². The number of amides is 3. The van der Waals surface area contributed by atoms with Gasteiger partial charge in [-0.2, -0.15) is 4.31 Å². The van der Waals surface area contributed by atoms with Gasteiger partial charge in [0, 0.05) is 50.4 Å². The highest BCUT2D eigenvalue weighted by atomic mass is 35.5. The van der Waals surface area contributed by atoms with Crippen LogP contribution >= 0.6 is 11.6 Å². The summed E-state index contributed by atoms with van der Waals surface area (Å²) in [6.45, 7) is 6.22. The Morgan fingerprint density at radius 2 is 1.55 bits per heavy atom. The van der Waals surface area contributed by atoms with Gasteiger partial charge in [-0.1, -0.05) is 11.6 Å². The number of carbonyl (C=O) groups is 3. The first-order valence-corrected chi connectivity index (χ1v) is 17.4. The number of benzene rings is 1. The maximum Gasteiger partial charge on any atom is 0.250 e. The van der Waals surface area contributed by atoms with Crippen LogP contribution in [0.15, 0.2) is 12.1 Å². The van der Waals surface area contributed by atoms with Crippen molar-refractivity contribution in [3.8, 4) is 0 Å². The normalized spacial score (nSPS) is 28.0. The fourth-order valence-corrected chi connectivity index (χ4v) is 10.9. The molecule has 6 rings (SSSR count). The first-order chi connectivity index (χ1) is 20.0. The number of carbonyl (C=O) groups excluding carboxylic acids is 3. The SMILES string of the molecule is CC(=O)N1CCC(CN2CCC(CS(=O)(=O)N3C4CCC3CC(N3C(=O)Cc5cc(C(N)=O)c(Cl)cc53)C4)CC2)CC1. The Kier molecular flexibility index (Phi) is 8.32. The number of rotatable bonds is 7. The molecule has 2 atom stereocenters. The Bertz CT molecular complexity index is 1340. The van der Waals surface area contributed by atoms with Crippen LogP contribution < -0.4 is 10.6 Å². The Morgan fingerprint density at radius 3 is 2.14 bits per heavy atom. The topological polar surface area (TPSA) is 124 Å². The summed E-state index contributed by atoms with van der Waals surface area (Å²) in [5.74, 6) is 0.465. The first-order valence-electron chi connectivity index (χ1n) is 15.4. The molecule has 0 radical (unpaired) electrons. The van der Waals surface area contributed by atoms with E-state index in [9.17, 15) is 22.8 Å². The van der Waals surface area contributed by atoms with Crippen LogP contribution in [-0.4, -0.2) is 96.8 Å². The number of halogens is 1. The van der Waals surface area contributed by atoms with E-state index in [2.05, 4.69) is 4.90 Å². The highest BCUT2D eigenvalue weighted by molar-refractivity contribution is 7.89. The van der Waals surface area contributed by atoms with Crippen molar-refractivity contribution in [1.29, 1.82) is 0 Å². The lowest BCUT2D eigenvalue weighted by Crippen LogP contribution is -2.54. The summed E-state index contributed by atoms with van der Waals surface area (Å²) >= 11 is 6.33. The molecule has 4 saturated heterocycles. The summed E-state index contributed by atoms with van der Waals surface area (Å²) in [6, 6.07) is 2.99. The van der Waals surface area contributed by atoms with Gasteiger partial charge in [-0.25, -0.2) is 8.42 Å². The molecule has 1 aromatic rings. The number of nitrogens with zero attached hydrogens (tertiary/aromatic N) is 4. The molecule has 0 aromatic heterocycles. The zero-order chi connectivity index (χ0) is 29.8. The van der Waals surface area contributed by atoms with E-state index >= 15 is 0 Å². The fraction of sp³-hybridized carbons (Fsp3) is 0.700. The van der Waals surface area contributed by atoms with Crippen LogP contribution in [0.25, 0.3) is 0 Å². The van der Waals surface area contributed by atoms with Gasteiger partial charge in [0.15, 0.2) is 0 Å². The monoisotopic (exact) mass is 619 g/mol. The molecule has 0 saturated carbocycles. The van der Waals surface area contributed by atoms with Crippen LogP contribution in [0, 0.1) is 11.8 Å². The van der Waals surface area contributed by atoms with Crippen LogP contribution in [0.5, 0.6) is 0 Å². The van der Waals surface area contributed by atoms with Crippen molar-refractivity contribution in [2.24, 2.45) is 17.6 Å². The third-order valence-electron chi connectivity index (χ3n) is 10.4. The van der Waals surface area contributed by atoms with Gasteiger partial charge in [0.1, 0.15) is 0 Å². The van der Waals surface area contributed by atoms with E-state index in [1.54, 1.807) is 28.3 Å². The molecule has 10 nitrogen and oxygen atoms in total. The molecular formula is C30H42ClN5O5S. The van der Waals surface area contributed by atoms with Gasteiger partial charge in [0.25, 0.3) is 0 Å². The second-order valence-corrected chi connectivity index (χ2v) is 15.4. The summed E-state index contributed by atoms with van der Waals surface area (Å²) < 4.78 is 29.3. The third kappa shape index (κ3) is 5.81. The number of primary amides is 1. The highest BCUT2D eigenvalue weighted by Crippen LogP contribution is 2.44. The molecule has 230 valence electrons. The van der Waals surface area contributed by atoms with Crippen molar-refractivity contribution in [3.05, 3.63) is 28.3 Å². The molecule has 2 unspecified atom stereocenters. The van der Waals surface area contributed by atoms with Crippen molar-refractivity contribution in [1.82, 2.24) is 14.1 Å². The molecule has 2 N–H and O–H groups in total. The molecule has 2 bridgehead atoms. The Labute approximate surface area is 253 Å². The molecular weight excluding hydrogens is 578 g/mol. The van der Waals surface area contributed by atoms with Crippen molar-refractivity contribution >= 4 is 45.0 Å². The van der Waals surface area contributed by atoms with Gasteiger partial charge < -0.3 is 20.4 Å². The van der Waals surface area contributed by atoms with Crippen molar-refractivity contribution in [2.75, 3.05) is 43.4 Å². The molecule has 12 heteroatoms. The average molecular weight is 620 g/mol. The summed E-state index contributed by atoms with van der Waals surface area (Å²) in [7, 11) is -3.42. The molecule has 5 aliphatic heterocycles. The molecule has 3 amide bonds. The average Bonchev–Trinajstić information content (AvgIpc) is 3.41. The number of anilines is 1. The number of nitrogens with two attached hydrogens (primary N) is 1. The maximum absolute atomic E-state index is 13.8. The van der Waals surface area contributed by atoms with E-state index < -0.39 is 15.9 Å². The quantitative estimate of drug-likeness (QED) is 0.500. The first kappa shape index (κ1) is 29.8. The van der Waals surface area contributed by atoms with E-state index in [1.165, 1.54) is 0 Å². The fourth-order valence-electron chi connectivity index (χ4n) is 8.23.